The number of aliphatic carboxylic acids is 1. The molecule has 0 saturated carbocycles. The largest absolute Gasteiger partial charge is 0.480 e. The lowest BCUT2D eigenvalue weighted by atomic mass is 10.0. The fourth-order valence-electron chi connectivity index (χ4n) is 3.09. The summed E-state index contributed by atoms with van der Waals surface area (Å²) in [4.78, 5) is 60.4. The van der Waals surface area contributed by atoms with Gasteiger partial charge in [-0.3, -0.25) is 19.2 Å². The highest BCUT2D eigenvalue weighted by Crippen LogP contribution is 2.05. The minimum Gasteiger partial charge on any atom is -0.480 e. The SMILES string of the molecule is CC(O)C(NC(=O)C(CCC(N)=O)NC(=O)C(NC(=O)C(N)Cc1ccccc1)C(C)O)C(=O)O. The summed E-state index contributed by atoms with van der Waals surface area (Å²) in [6, 6.07) is 3.20. The Balaban J connectivity index is 2.95. The van der Waals surface area contributed by atoms with Crippen LogP contribution >= 0.6 is 0 Å². The van der Waals surface area contributed by atoms with Crippen LogP contribution in [-0.4, -0.2) is 81.3 Å². The zero-order valence-corrected chi connectivity index (χ0v) is 19.5. The number of carbonyl (C=O) groups is 5. The van der Waals surface area contributed by atoms with E-state index in [1.807, 2.05) is 0 Å². The molecule has 194 valence electrons. The highest BCUT2D eigenvalue weighted by atomic mass is 16.4. The molecule has 0 spiro atoms. The lowest BCUT2D eigenvalue weighted by Crippen LogP contribution is -2.60. The van der Waals surface area contributed by atoms with Gasteiger partial charge in [-0.1, -0.05) is 30.3 Å². The molecule has 0 aliphatic rings. The van der Waals surface area contributed by atoms with Crippen molar-refractivity contribution in [1.82, 2.24) is 16.0 Å². The molecule has 13 nitrogen and oxygen atoms in total. The fraction of sp³-hybridized carbons (Fsp3) is 0.500. The minimum atomic E-state index is -1.68. The third-order valence-corrected chi connectivity index (χ3v) is 5.06. The average molecular weight is 496 g/mol. The summed E-state index contributed by atoms with van der Waals surface area (Å²) in [5.41, 5.74) is 11.8. The van der Waals surface area contributed by atoms with Gasteiger partial charge < -0.3 is 42.7 Å². The topological polar surface area (TPSA) is 234 Å². The second-order valence-corrected chi connectivity index (χ2v) is 8.15. The first-order chi connectivity index (χ1) is 16.3. The van der Waals surface area contributed by atoms with Crippen molar-refractivity contribution < 1.29 is 39.3 Å². The molecule has 0 radical (unpaired) electrons. The number of amides is 4. The van der Waals surface area contributed by atoms with Crippen LogP contribution in [0.25, 0.3) is 0 Å². The predicted molar refractivity (Wildman–Crippen MR) is 123 cm³/mol. The van der Waals surface area contributed by atoms with Crippen LogP contribution in [0, 0.1) is 0 Å². The summed E-state index contributed by atoms with van der Waals surface area (Å²) < 4.78 is 0. The second-order valence-electron chi connectivity index (χ2n) is 8.15. The van der Waals surface area contributed by atoms with Crippen LogP contribution in [-0.2, 0) is 30.4 Å². The summed E-state index contributed by atoms with van der Waals surface area (Å²) in [5, 5.41) is 35.5. The van der Waals surface area contributed by atoms with Gasteiger partial charge in [0.25, 0.3) is 0 Å². The van der Waals surface area contributed by atoms with E-state index >= 15 is 0 Å². The maximum Gasteiger partial charge on any atom is 0.328 e. The first-order valence-corrected chi connectivity index (χ1v) is 10.9. The number of rotatable bonds is 14. The van der Waals surface area contributed by atoms with Gasteiger partial charge in [0.05, 0.1) is 18.2 Å². The van der Waals surface area contributed by atoms with Crippen LogP contribution in [0.1, 0.15) is 32.3 Å². The van der Waals surface area contributed by atoms with Crippen molar-refractivity contribution in [1.29, 1.82) is 0 Å². The molecule has 10 N–H and O–H groups in total. The standard InChI is InChI=1S/C22H33N5O8/c1-11(28)17(26-19(31)14(23)10-13-6-4-3-5-7-13)21(33)25-15(8-9-16(24)30)20(32)27-18(12(2)29)22(34)35/h3-7,11-12,14-15,17-18,28-29H,8-10,23H2,1-2H3,(H2,24,30)(H,25,33)(H,26,31)(H,27,32)(H,34,35). The Morgan fingerprint density at radius 1 is 0.857 bits per heavy atom. The molecule has 6 atom stereocenters. The van der Waals surface area contributed by atoms with Crippen molar-refractivity contribution in [2.75, 3.05) is 0 Å². The number of primary amides is 1. The van der Waals surface area contributed by atoms with Crippen LogP contribution in [0.2, 0.25) is 0 Å². The number of carboxylic acid groups (broad SMARTS) is 1. The maximum atomic E-state index is 12.8. The van der Waals surface area contributed by atoms with E-state index in [0.717, 1.165) is 12.5 Å². The zero-order chi connectivity index (χ0) is 26.7. The lowest BCUT2D eigenvalue weighted by molar-refractivity contribution is -0.145. The molecule has 0 bridgehead atoms. The van der Waals surface area contributed by atoms with Gasteiger partial charge in [0.1, 0.15) is 12.1 Å². The Morgan fingerprint density at radius 3 is 1.89 bits per heavy atom. The summed E-state index contributed by atoms with van der Waals surface area (Å²) in [5.74, 6) is -5.02. The molecular formula is C22H33N5O8. The Morgan fingerprint density at radius 2 is 1.40 bits per heavy atom. The molecule has 1 rings (SSSR count). The molecule has 1 aromatic carbocycles. The van der Waals surface area contributed by atoms with Gasteiger partial charge in [-0.15, -0.1) is 0 Å². The van der Waals surface area contributed by atoms with Gasteiger partial charge in [0, 0.05) is 6.42 Å². The minimum absolute atomic E-state index is 0.167. The first kappa shape index (κ1) is 29.5. The van der Waals surface area contributed by atoms with Gasteiger partial charge in [-0.2, -0.15) is 0 Å². The number of nitrogens with two attached hydrogens (primary N) is 2. The molecule has 0 heterocycles. The normalized spacial score (nSPS) is 16.0. The first-order valence-electron chi connectivity index (χ1n) is 10.9. The number of aliphatic hydroxyl groups is 2. The lowest BCUT2D eigenvalue weighted by Gasteiger charge is -2.26. The summed E-state index contributed by atoms with van der Waals surface area (Å²) in [6.07, 6.45) is -3.32. The van der Waals surface area contributed by atoms with Gasteiger partial charge in [-0.25, -0.2) is 4.79 Å². The molecular weight excluding hydrogens is 462 g/mol. The van der Waals surface area contributed by atoms with Gasteiger partial charge in [-0.05, 0) is 32.3 Å². The number of hydrogen-bond acceptors (Lipinski definition) is 8. The van der Waals surface area contributed by atoms with E-state index in [0.29, 0.717) is 0 Å². The van der Waals surface area contributed by atoms with Gasteiger partial charge in [0.2, 0.25) is 23.6 Å². The number of aliphatic hydroxyl groups excluding tert-OH is 2. The van der Waals surface area contributed by atoms with E-state index in [1.165, 1.54) is 6.92 Å². The number of nitrogens with one attached hydrogen (secondary N) is 3. The Kier molecular flexibility index (Phi) is 11.8. The average Bonchev–Trinajstić information content (AvgIpc) is 2.77. The molecule has 0 saturated heterocycles. The van der Waals surface area contributed by atoms with Crippen LogP contribution in [0.5, 0.6) is 0 Å². The van der Waals surface area contributed by atoms with Crippen molar-refractivity contribution in [3.8, 4) is 0 Å². The van der Waals surface area contributed by atoms with Crippen molar-refractivity contribution >= 4 is 29.6 Å². The Hall–Kier alpha value is -3.55. The highest BCUT2D eigenvalue weighted by molar-refractivity contribution is 5.94. The van der Waals surface area contributed by atoms with E-state index in [4.69, 9.17) is 16.6 Å². The zero-order valence-electron chi connectivity index (χ0n) is 19.5. The Bertz CT molecular complexity index is 893. The molecule has 0 aromatic heterocycles. The number of carboxylic acids is 1. The quantitative estimate of drug-likeness (QED) is 0.132. The number of carbonyl (C=O) groups excluding carboxylic acids is 4. The predicted octanol–water partition coefficient (Wildman–Crippen LogP) is -2.88. The van der Waals surface area contributed by atoms with E-state index in [9.17, 15) is 34.2 Å². The molecule has 1 aromatic rings. The van der Waals surface area contributed by atoms with Crippen LogP contribution in [0.4, 0.5) is 0 Å². The van der Waals surface area contributed by atoms with Crippen LogP contribution in [0.3, 0.4) is 0 Å². The van der Waals surface area contributed by atoms with Gasteiger partial charge in [0.15, 0.2) is 6.04 Å². The molecule has 6 unspecified atom stereocenters. The third kappa shape index (κ3) is 10.1. The van der Waals surface area contributed by atoms with Crippen molar-refractivity contribution in [2.24, 2.45) is 11.5 Å². The van der Waals surface area contributed by atoms with Gasteiger partial charge >= 0.3 is 5.97 Å². The van der Waals surface area contributed by atoms with E-state index in [1.54, 1.807) is 30.3 Å². The second kappa shape index (κ2) is 14.0. The monoisotopic (exact) mass is 495 g/mol. The maximum absolute atomic E-state index is 12.8. The van der Waals surface area contributed by atoms with Crippen molar-refractivity contribution in [3.63, 3.8) is 0 Å². The van der Waals surface area contributed by atoms with Crippen molar-refractivity contribution in [2.45, 2.75) is 69.5 Å². The summed E-state index contributed by atoms with van der Waals surface area (Å²) >= 11 is 0. The molecule has 13 heteroatoms. The van der Waals surface area contributed by atoms with Crippen molar-refractivity contribution in [3.05, 3.63) is 35.9 Å². The summed E-state index contributed by atoms with van der Waals surface area (Å²) in [7, 11) is 0. The molecule has 0 fully saturated rings. The fourth-order valence-corrected chi connectivity index (χ4v) is 3.09. The summed E-state index contributed by atoms with van der Waals surface area (Å²) in [6.45, 7) is 2.38. The molecule has 35 heavy (non-hydrogen) atoms. The Labute approximate surface area is 202 Å². The smallest absolute Gasteiger partial charge is 0.328 e. The van der Waals surface area contributed by atoms with E-state index < -0.39 is 66.0 Å². The number of hydrogen-bond donors (Lipinski definition) is 8. The molecule has 0 aliphatic carbocycles. The third-order valence-electron chi connectivity index (χ3n) is 5.06. The molecule has 4 amide bonds. The molecule has 0 aliphatic heterocycles. The van der Waals surface area contributed by atoms with E-state index in [-0.39, 0.29) is 19.3 Å². The van der Waals surface area contributed by atoms with Crippen LogP contribution in [0.15, 0.2) is 30.3 Å². The van der Waals surface area contributed by atoms with Crippen LogP contribution < -0.4 is 27.4 Å². The van der Waals surface area contributed by atoms with E-state index in [2.05, 4.69) is 16.0 Å². The highest BCUT2D eigenvalue weighted by Gasteiger charge is 2.33. The number of benzene rings is 1.